The molecule has 0 saturated carbocycles. The van der Waals surface area contributed by atoms with Crippen molar-refractivity contribution in [1.29, 1.82) is 0 Å². The second-order valence-corrected chi connectivity index (χ2v) is 11.5. The zero-order valence-electron chi connectivity index (χ0n) is 20.6. The molecule has 0 radical (unpaired) electrons. The Morgan fingerprint density at radius 2 is 1.83 bits per heavy atom. The van der Waals surface area contributed by atoms with Crippen LogP contribution in [0.5, 0.6) is 11.5 Å². The first-order valence-electron chi connectivity index (χ1n) is 12.1. The minimum Gasteiger partial charge on any atom is -0.504 e. The lowest BCUT2D eigenvalue weighted by atomic mass is 9.90. The Labute approximate surface area is 212 Å². The third-order valence-electron chi connectivity index (χ3n) is 6.04. The van der Waals surface area contributed by atoms with Gasteiger partial charge in [-0.1, -0.05) is 44.2 Å². The van der Waals surface area contributed by atoms with Crippen molar-refractivity contribution in [1.82, 2.24) is 4.31 Å². The van der Waals surface area contributed by atoms with E-state index in [-0.39, 0.29) is 36.4 Å². The van der Waals surface area contributed by atoms with Crippen molar-refractivity contribution in [2.75, 3.05) is 26.3 Å². The van der Waals surface area contributed by atoms with Gasteiger partial charge in [0.15, 0.2) is 11.5 Å². The van der Waals surface area contributed by atoms with E-state index in [9.17, 15) is 28.5 Å². The molecule has 1 aliphatic rings. The van der Waals surface area contributed by atoms with Crippen LogP contribution in [-0.2, 0) is 30.7 Å². The van der Waals surface area contributed by atoms with E-state index in [0.29, 0.717) is 26.1 Å². The standard InChI is InChI=1S/C26H35NO8S/c1-18(2)15-27(36(32,33)22-8-9-23(28)24(29)14-22)16-25(30)20(12-19-6-4-3-5-7-19)13-26(31)35-21-10-11-34-17-21/h3-9,14,18,20-21,25,28-30H,10-13,15-17H2,1-2H3/t20-,21?,25-/m1/s1. The minimum atomic E-state index is -4.11. The highest BCUT2D eigenvalue weighted by molar-refractivity contribution is 7.89. The number of carbonyl (C=O) groups excluding carboxylic acids is 1. The minimum absolute atomic E-state index is 0.0578. The summed E-state index contributed by atoms with van der Waals surface area (Å²) in [5.74, 6) is -2.11. The lowest BCUT2D eigenvalue weighted by Gasteiger charge is -2.30. The SMILES string of the molecule is CC(C)CN(C[C@@H](O)[C@@H](CC(=O)OC1CCOC1)Cc1ccccc1)S(=O)(=O)c1ccc(O)c(O)c1. The first-order chi connectivity index (χ1) is 17.1. The van der Waals surface area contributed by atoms with Crippen LogP contribution in [-0.4, -0.2) is 72.5 Å². The second kappa shape index (κ2) is 12.5. The average Bonchev–Trinajstić information content (AvgIpc) is 3.33. The van der Waals surface area contributed by atoms with Gasteiger partial charge in [0.1, 0.15) is 6.10 Å². The molecule has 0 aromatic heterocycles. The van der Waals surface area contributed by atoms with Crippen LogP contribution in [0.25, 0.3) is 0 Å². The molecule has 36 heavy (non-hydrogen) atoms. The van der Waals surface area contributed by atoms with Gasteiger partial charge in [-0.2, -0.15) is 4.31 Å². The maximum atomic E-state index is 13.4. The average molecular weight is 522 g/mol. The summed E-state index contributed by atoms with van der Waals surface area (Å²) in [6, 6.07) is 12.6. The molecular formula is C26H35NO8S. The van der Waals surface area contributed by atoms with E-state index in [1.54, 1.807) is 0 Å². The molecular weight excluding hydrogens is 486 g/mol. The highest BCUT2D eigenvalue weighted by atomic mass is 32.2. The third kappa shape index (κ3) is 7.67. The number of phenols is 2. The summed E-state index contributed by atoms with van der Waals surface area (Å²) < 4.78 is 38.7. The number of esters is 1. The Kier molecular flexibility index (Phi) is 9.72. The van der Waals surface area contributed by atoms with E-state index in [0.717, 1.165) is 22.0 Å². The fraction of sp³-hybridized carbons (Fsp3) is 0.500. The van der Waals surface area contributed by atoms with Gasteiger partial charge in [-0.15, -0.1) is 0 Å². The molecule has 1 aliphatic heterocycles. The summed E-state index contributed by atoms with van der Waals surface area (Å²) in [6.07, 6.45) is -0.586. The third-order valence-corrected chi connectivity index (χ3v) is 7.87. The molecule has 0 amide bonds. The number of nitrogens with zero attached hydrogens (tertiary/aromatic N) is 1. The van der Waals surface area contributed by atoms with Crippen LogP contribution in [0.4, 0.5) is 0 Å². The van der Waals surface area contributed by atoms with Crippen molar-refractivity contribution in [3.05, 3.63) is 54.1 Å². The fourth-order valence-electron chi connectivity index (χ4n) is 4.16. The van der Waals surface area contributed by atoms with E-state index < -0.39 is 39.5 Å². The van der Waals surface area contributed by atoms with Gasteiger partial charge >= 0.3 is 5.97 Å². The molecule has 0 aliphatic carbocycles. The first kappa shape index (κ1) is 27.9. The summed E-state index contributed by atoms with van der Waals surface area (Å²) in [5, 5.41) is 30.7. The topological polar surface area (TPSA) is 134 Å². The maximum absolute atomic E-state index is 13.4. The van der Waals surface area contributed by atoms with Crippen molar-refractivity contribution < 1.29 is 38.0 Å². The first-order valence-corrected chi connectivity index (χ1v) is 13.5. The van der Waals surface area contributed by atoms with Crippen LogP contribution in [0.2, 0.25) is 0 Å². The molecule has 1 saturated heterocycles. The van der Waals surface area contributed by atoms with Gasteiger partial charge in [0.05, 0.1) is 30.6 Å². The van der Waals surface area contributed by atoms with Crippen LogP contribution in [0.3, 0.4) is 0 Å². The van der Waals surface area contributed by atoms with E-state index in [1.807, 2.05) is 44.2 Å². The predicted molar refractivity (Wildman–Crippen MR) is 133 cm³/mol. The molecule has 1 unspecified atom stereocenters. The molecule has 3 N–H and O–H groups in total. The lowest BCUT2D eigenvalue weighted by Crippen LogP contribution is -2.43. The smallest absolute Gasteiger partial charge is 0.306 e. The Morgan fingerprint density at radius 1 is 1.11 bits per heavy atom. The fourth-order valence-corrected chi connectivity index (χ4v) is 5.81. The van der Waals surface area contributed by atoms with Crippen molar-refractivity contribution in [3.63, 3.8) is 0 Å². The molecule has 10 heteroatoms. The Balaban J connectivity index is 1.82. The Bertz CT molecular complexity index is 1100. The molecule has 2 aromatic carbocycles. The summed E-state index contributed by atoms with van der Waals surface area (Å²) >= 11 is 0. The van der Waals surface area contributed by atoms with E-state index in [2.05, 4.69) is 0 Å². The van der Waals surface area contributed by atoms with Gasteiger partial charge in [0.2, 0.25) is 10.0 Å². The normalized spacial score (nSPS) is 17.9. The Morgan fingerprint density at radius 3 is 2.44 bits per heavy atom. The summed E-state index contributed by atoms with van der Waals surface area (Å²) in [4.78, 5) is 12.5. The van der Waals surface area contributed by atoms with Gasteiger partial charge in [-0.05, 0) is 30.0 Å². The number of aromatic hydroxyl groups is 2. The van der Waals surface area contributed by atoms with E-state index in [1.165, 1.54) is 6.07 Å². The number of aliphatic hydroxyl groups excluding tert-OH is 1. The highest BCUT2D eigenvalue weighted by Gasteiger charge is 2.33. The highest BCUT2D eigenvalue weighted by Crippen LogP contribution is 2.30. The van der Waals surface area contributed by atoms with E-state index in [4.69, 9.17) is 9.47 Å². The van der Waals surface area contributed by atoms with Crippen molar-refractivity contribution in [2.24, 2.45) is 11.8 Å². The number of phenolic OH excluding ortho intramolecular Hbond substituents is 2. The van der Waals surface area contributed by atoms with Crippen LogP contribution in [0, 0.1) is 11.8 Å². The molecule has 1 fully saturated rings. The molecule has 0 spiro atoms. The molecule has 9 nitrogen and oxygen atoms in total. The quantitative estimate of drug-likeness (QED) is 0.287. The number of carbonyl (C=O) groups is 1. The Hall–Kier alpha value is -2.66. The van der Waals surface area contributed by atoms with Crippen LogP contribution >= 0.6 is 0 Å². The number of rotatable bonds is 12. The zero-order chi connectivity index (χ0) is 26.3. The van der Waals surface area contributed by atoms with Crippen LogP contribution in [0.15, 0.2) is 53.4 Å². The summed E-state index contributed by atoms with van der Waals surface area (Å²) in [7, 11) is -4.11. The van der Waals surface area contributed by atoms with Crippen LogP contribution in [0.1, 0.15) is 32.3 Å². The largest absolute Gasteiger partial charge is 0.504 e. The number of hydrogen-bond acceptors (Lipinski definition) is 8. The van der Waals surface area contributed by atoms with Gasteiger partial charge in [-0.3, -0.25) is 4.79 Å². The lowest BCUT2D eigenvalue weighted by molar-refractivity contribution is -0.151. The molecule has 1 heterocycles. The monoisotopic (exact) mass is 521 g/mol. The van der Waals surface area contributed by atoms with Crippen LogP contribution < -0.4 is 0 Å². The molecule has 0 bridgehead atoms. The molecule has 3 atom stereocenters. The van der Waals surface area contributed by atoms with Gasteiger partial charge < -0.3 is 24.8 Å². The number of benzene rings is 2. The van der Waals surface area contributed by atoms with Crippen molar-refractivity contribution >= 4 is 16.0 Å². The maximum Gasteiger partial charge on any atom is 0.306 e. The summed E-state index contributed by atoms with van der Waals surface area (Å²) in [6.45, 7) is 4.44. The number of aliphatic hydroxyl groups is 1. The van der Waals surface area contributed by atoms with Gasteiger partial charge in [-0.25, -0.2) is 8.42 Å². The predicted octanol–water partition coefficient (Wildman–Crippen LogP) is 2.69. The molecule has 198 valence electrons. The number of hydrogen-bond donors (Lipinski definition) is 3. The van der Waals surface area contributed by atoms with Gasteiger partial charge in [0, 0.05) is 31.5 Å². The zero-order valence-corrected chi connectivity index (χ0v) is 21.4. The number of ether oxygens (including phenoxy) is 2. The molecule has 3 rings (SSSR count). The second-order valence-electron chi connectivity index (χ2n) is 9.56. The molecule has 2 aromatic rings. The van der Waals surface area contributed by atoms with Crippen molar-refractivity contribution in [2.45, 2.75) is 50.2 Å². The van der Waals surface area contributed by atoms with Crippen molar-refractivity contribution in [3.8, 4) is 11.5 Å². The summed E-state index contributed by atoms with van der Waals surface area (Å²) in [5.41, 5.74) is 0.903. The number of sulfonamides is 1. The van der Waals surface area contributed by atoms with E-state index >= 15 is 0 Å². The van der Waals surface area contributed by atoms with Gasteiger partial charge in [0.25, 0.3) is 0 Å².